The van der Waals surface area contributed by atoms with Gasteiger partial charge in [0.1, 0.15) is 5.70 Å². The zero-order valence-corrected chi connectivity index (χ0v) is 18.9. The summed E-state index contributed by atoms with van der Waals surface area (Å²) in [6.45, 7) is 6.49. The van der Waals surface area contributed by atoms with Gasteiger partial charge in [0.15, 0.2) is 5.96 Å². The van der Waals surface area contributed by atoms with Crippen molar-refractivity contribution in [3.63, 3.8) is 0 Å². The molecule has 1 saturated carbocycles. The Kier molecular flexibility index (Phi) is 6.24. The molecule has 3 aliphatic heterocycles. The van der Waals surface area contributed by atoms with E-state index in [1.54, 1.807) is 18.7 Å². The summed E-state index contributed by atoms with van der Waals surface area (Å²) < 4.78 is 0. The minimum absolute atomic E-state index is 0.0495. The molecule has 0 aromatic carbocycles. The fourth-order valence-electron chi connectivity index (χ4n) is 5.68. The number of guanidine groups is 1. The molecule has 9 nitrogen and oxygen atoms in total. The second kappa shape index (κ2) is 8.63. The minimum atomic E-state index is -1.05. The quantitative estimate of drug-likeness (QED) is 0.215. The predicted octanol–water partition coefficient (Wildman–Crippen LogP) is 0.599. The monoisotopic (exact) mass is 451 g/mol. The van der Waals surface area contributed by atoms with E-state index in [2.05, 4.69) is 10.2 Å². The van der Waals surface area contributed by atoms with Crippen molar-refractivity contribution in [2.75, 3.05) is 19.6 Å². The third kappa shape index (κ3) is 4.17. The normalized spacial score (nSPS) is 34.7. The fourth-order valence-corrected chi connectivity index (χ4v) is 7.26. The van der Waals surface area contributed by atoms with E-state index in [0.717, 1.165) is 50.2 Å². The Morgan fingerprint density at radius 1 is 1.32 bits per heavy atom. The Balaban J connectivity index is 1.29. The van der Waals surface area contributed by atoms with E-state index in [0.29, 0.717) is 17.2 Å². The number of nitrogens with zero attached hydrogens (tertiary/aromatic N) is 2. The van der Waals surface area contributed by atoms with Gasteiger partial charge in [0.25, 0.3) is 0 Å². The highest BCUT2D eigenvalue weighted by atomic mass is 32.2. The van der Waals surface area contributed by atoms with E-state index in [4.69, 9.17) is 11.1 Å². The van der Waals surface area contributed by atoms with Gasteiger partial charge in [-0.15, -0.1) is 11.8 Å². The van der Waals surface area contributed by atoms with E-state index in [1.807, 2.05) is 6.92 Å². The number of carbonyl (C=O) groups is 2. The summed E-state index contributed by atoms with van der Waals surface area (Å²) in [6, 6.07) is 0.0771. The number of aliphatic carboxylic acids is 1. The van der Waals surface area contributed by atoms with E-state index < -0.39 is 18.0 Å². The Morgan fingerprint density at radius 3 is 2.52 bits per heavy atom. The van der Waals surface area contributed by atoms with Crippen LogP contribution < -0.4 is 11.1 Å². The topological polar surface area (TPSA) is 143 Å². The Hall–Kier alpha value is -1.78. The van der Waals surface area contributed by atoms with Gasteiger partial charge in [0.05, 0.1) is 18.1 Å². The Labute approximate surface area is 186 Å². The molecule has 4 atom stereocenters. The molecule has 0 aromatic heterocycles. The molecule has 0 bridgehead atoms. The molecule has 10 heteroatoms. The van der Waals surface area contributed by atoms with Crippen LogP contribution in [0.1, 0.15) is 39.5 Å². The van der Waals surface area contributed by atoms with Crippen LogP contribution in [-0.2, 0) is 9.59 Å². The Bertz CT molecular complexity index is 789. The van der Waals surface area contributed by atoms with Crippen LogP contribution in [0.2, 0.25) is 0 Å². The van der Waals surface area contributed by atoms with Gasteiger partial charge in [-0.05, 0) is 38.5 Å². The molecular formula is C21H33N5O4S. The molecule has 0 radical (unpaired) electrons. The molecule has 3 fully saturated rings. The number of amides is 1. The van der Waals surface area contributed by atoms with Gasteiger partial charge in [0.2, 0.25) is 5.91 Å². The van der Waals surface area contributed by atoms with E-state index in [-0.39, 0.29) is 29.5 Å². The number of carboxylic acid groups (broad SMARTS) is 1. The van der Waals surface area contributed by atoms with Crippen molar-refractivity contribution >= 4 is 29.6 Å². The third-order valence-corrected chi connectivity index (χ3v) is 8.70. The molecule has 172 valence electrons. The van der Waals surface area contributed by atoms with Crippen LogP contribution in [0.5, 0.6) is 0 Å². The van der Waals surface area contributed by atoms with Crippen LogP contribution in [0.3, 0.4) is 0 Å². The first-order valence-electron chi connectivity index (χ1n) is 11.2. The van der Waals surface area contributed by atoms with Gasteiger partial charge < -0.3 is 31.1 Å². The molecule has 1 aliphatic carbocycles. The summed E-state index contributed by atoms with van der Waals surface area (Å²) >= 11 is 1.61. The number of nitrogens with one attached hydrogen (secondary N) is 2. The molecule has 0 spiro atoms. The molecule has 31 heavy (non-hydrogen) atoms. The zero-order valence-electron chi connectivity index (χ0n) is 18.1. The number of aliphatic hydroxyl groups is 1. The summed E-state index contributed by atoms with van der Waals surface area (Å²) in [5, 5.41) is 30.4. The molecule has 1 amide bonds. The predicted molar refractivity (Wildman–Crippen MR) is 118 cm³/mol. The second-order valence-corrected chi connectivity index (χ2v) is 10.8. The maximum Gasteiger partial charge on any atom is 0.353 e. The highest BCUT2D eigenvalue weighted by molar-refractivity contribution is 8.03. The van der Waals surface area contributed by atoms with Gasteiger partial charge in [0, 0.05) is 41.7 Å². The van der Waals surface area contributed by atoms with E-state index >= 15 is 0 Å². The SMILES string of the molecule is C[C@@H](O)[C@H]1C(=O)N2C(C(=O)O)=C(SC3CN(C[C@H]4CC[C@H](NC(=N)N)CC4)C3)[C@H](C)[C@H]12. The van der Waals surface area contributed by atoms with Crippen LogP contribution in [0, 0.1) is 23.2 Å². The lowest BCUT2D eigenvalue weighted by Gasteiger charge is -2.46. The molecule has 4 rings (SSSR count). The summed E-state index contributed by atoms with van der Waals surface area (Å²) in [7, 11) is 0. The number of hydrogen-bond donors (Lipinski definition) is 5. The van der Waals surface area contributed by atoms with Gasteiger partial charge >= 0.3 is 5.97 Å². The van der Waals surface area contributed by atoms with Crippen molar-refractivity contribution in [1.82, 2.24) is 15.1 Å². The number of β-lactam (4-membered cyclic amide) rings is 1. The van der Waals surface area contributed by atoms with E-state index in [9.17, 15) is 19.8 Å². The van der Waals surface area contributed by atoms with Crippen LogP contribution in [0.15, 0.2) is 10.6 Å². The standard InChI is InChI=1S/C21H33N5O4S/c1-10-16-15(11(2)27)19(28)26(16)17(20(29)30)18(10)31-14-8-25(9-14)7-12-3-5-13(6-4-12)24-21(22)23/h10-16,27H,3-9H2,1-2H3,(H,29,30)(H4,22,23,24)/t10-,11-,12-,13-,15-,16-/m1/s1. The van der Waals surface area contributed by atoms with Crippen LogP contribution >= 0.6 is 11.8 Å². The molecular weight excluding hydrogens is 418 g/mol. The highest BCUT2D eigenvalue weighted by Gasteiger charge is 2.60. The first kappa shape index (κ1) is 22.4. The van der Waals surface area contributed by atoms with Crippen molar-refractivity contribution in [2.24, 2.45) is 23.5 Å². The second-order valence-electron chi connectivity index (χ2n) is 9.51. The molecule has 2 saturated heterocycles. The lowest BCUT2D eigenvalue weighted by molar-refractivity contribution is -0.163. The Morgan fingerprint density at radius 2 is 1.97 bits per heavy atom. The molecule has 3 heterocycles. The lowest BCUT2D eigenvalue weighted by Crippen LogP contribution is -2.63. The average Bonchev–Trinajstić information content (AvgIpc) is 2.89. The van der Waals surface area contributed by atoms with E-state index in [1.165, 1.54) is 4.90 Å². The highest BCUT2D eigenvalue weighted by Crippen LogP contribution is 2.52. The number of aliphatic hydroxyl groups excluding tert-OH is 1. The number of nitrogens with two attached hydrogens (primary N) is 1. The summed E-state index contributed by atoms with van der Waals surface area (Å²) in [5.74, 6) is -1.19. The van der Waals surface area contributed by atoms with Gasteiger partial charge in [-0.1, -0.05) is 6.92 Å². The fraction of sp³-hybridized carbons (Fsp3) is 0.762. The summed E-state index contributed by atoms with van der Waals surface area (Å²) in [6.07, 6.45) is 3.57. The number of hydrogen-bond acceptors (Lipinski definition) is 6. The number of carbonyl (C=O) groups excluding carboxylic acids is 1. The number of thioether (sulfide) groups is 1. The van der Waals surface area contributed by atoms with Crippen LogP contribution in [0.4, 0.5) is 0 Å². The van der Waals surface area contributed by atoms with Crippen molar-refractivity contribution in [1.29, 1.82) is 5.41 Å². The number of fused-ring (bicyclic) bond motifs is 1. The van der Waals surface area contributed by atoms with Gasteiger partial charge in [-0.2, -0.15) is 0 Å². The lowest BCUT2D eigenvalue weighted by atomic mass is 9.79. The van der Waals surface area contributed by atoms with Crippen molar-refractivity contribution in [3.05, 3.63) is 10.6 Å². The maximum absolute atomic E-state index is 12.4. The first-order valence-corrected chi connectivity index (χ1v) is 12.0. The van der Waals surface area contributed by atoms with Crippen LogP contribution in [-0.4, -0.2) is 80.9 Å². The van der Waals surface area contributed by atoms with Gasteiger partial charge in [-0.25, -0.2) is 4.79 Å². The van der Waals surface area contributed by atoms with Crippen molar-refractivity contribution < 1.29 is 19.8 Å². The number of likely N-dealkylation sites (tertiary alicyclic amines) is 1. The molecule has 6 N–H and O–H groups in total. The number of rotatable bonds is 7. The zero-order chi connectivity index (χ0) is 22.4. The molecule has 0 aromatic rings. The maximum atomic E-state index is 12.4. The smallest absolute Gasteiger partial charge is 0.353 e. The summed E-state index contributed by atoms with van der Waals surface area (Å²) in [5.41, 5.74) is 5.55. The number of carboxylic acids is 1. The molecule has 4 aliphatic rings. The summed E-state index contributed by atoms with van der Waals surface area (Å²) in [4.78, 5) is 29.0. The molecule has 0 unspecified atom stereocenters. The van der Waals surface area contributed by atoms with Crippen molar-refractivity contribution in [2.45, 2.75) is 63.0 Å². The van der Waals surface area contributed by atoms with Gasteiger partial charge in [-0.3, -0.25) is 10.2 Å². The average molecular weight is 452 g/mol. The largest absolute Gasteiger partial charge is 0.477 e. The van der Waals surface area contributed by atoms with Crippen LogP contribution in [0.25, 0.3) is 0 Å². The van der Waals surface area contributed by atoms with Crippen molar-refractivity contribution in [3.8, 4) is 0 Å². The first-order chi connectivity index (χ1) is 14.7. The minimum Gasteiger partial charge on any atom is -0.477 e. The third-order valence-electron chi connectivity index (χ3n) is 7.25.